The fourth-order valence-electron chi connectivity index (χ4n) is 3.36. The maximum atomic E-state index is 5.93. The largest absolute Gasteiger partial charge is 0.382 e. The smallest absolute Gasteiger partial charge is 0.0345 e. The minimum absolute atomic E-state index is 0.549. The highest BCUT2D eigenvalue weighted by Crippen LogP contribution is 2.27. The van der Waals surface area contributed by atoms with E-state index in [4.69, 9.17) is 5.73 Å². The number of nitrogens with one attached hydrogen (secondary N) is 1. The number of nitrogens with two attached hydrogens (primary N) is 1. The van der Waals surface area contributed by atoms with Gasteiger partial charge in [-0.3, -0.25) is 4.90 Å². The molecule has 0 aromatic heterocycles. The van der Waals surface area contributed by atoms with Crippen LogP contribution in [0.25, 0.3) is 0 Å². The Labute approximate surface area is 129 Å². The SMILES string of the molecule is CCN(CC)Cc1cccc(NC2CCCCC2CN)c1. The van der Waals surface area contributed by atoms with Crippen molar-refractivity contribution >= 4 is 5.69 Å². The second-order valence-corrected chi connectivity index (χ2v) is 6.19. The molecule has 2 unspecified atom stereocenters. The molecule has 1 fully saturated rings. The van der Waals surface area contributed by atoms with Gasteiger partial charge in [0.25, 0.3) is 0 Å². The molecule has 1 aromatic carbocycles. The van der Waals surface area contributed by atoms with Crippen molar-refractivity contribution < 1.29 is 0 Å². The highest BCUT2D eigenvalue weighted by atomic mass is 15.1. The summed E-state index contributed by atoms with van der Waals surface area (Å²) in [5, 5.41) is 3.73. The van der Waals surface area contributed by atoms with Crippen molar-refractivity contribution in [1.82, 2.24) is 4.90 Å². The molecule has 3 nitrogen and oxygen atoms in total. The van der Waals surface area contributed by atoms with Crippen molar-refractivity contribution in [2.75, 3.05) is 25.0 Å². The molecule has 118 valence electrons. The Morgan fingerprint density at radius 2 is 1.95 bits per heavy atom. The van der Waals surface area contributed by atoms with Crippen LogP contribution in [0.5, 0.6) is 0 Å². The van der Waals surface area contributed by atoms with E-state index in [2.05, 4.69) is 48.3 Å². The molecule has 1 saturated carbocycles. The van der Waals surface area contributed by atoms with Gasteiger partial charge in [0.1, 0.15) is 0 Å². The zero-order valence-electron chi connectivity index (χ0n) is 13.6. The first-order valence-electron chi connectivity index (χ1n) is 8.54. The first-order chi connectivity index (χ1) is 10.3. The van der Waals surface area contributed by atoms with E-state index in [9.17, 15) is 0 Å². The highest BCUT2D eigenvalue weighted by molar-refractivity contribution is 5.46. The molecule has 0 spiro atoms. The van der Waals surface area contributed by atoms with E-state index in [0.29, 0.717) is 12.0 Å². The van der Waals surface area contributed by atoms with E-state index in [1.807, 2.05) is 0 Å². The molecule has 21 heavy (non-hydrogen) atoms. The average molecular weight is 289 g/mol. The van der Waals surface area contributed by atoms with Crippen LogP contribution in [0.15, 0.2) is 24.3 Å². The van der Waals surface area contributed by atoms with Crippen LogP contribution in [0.2, 0.25) is 0 Å². The van der Waals surface area contributed by atoms with Crippen LogP contribution in [0, 0.1) is 5.92 Å². The number of benzene rings is 1. The topological polar surface area (TPSA) is 41.3 Å². The Bertz CT molecular complexity index is 415. The molecule has 1 aliphatic carbocycles. The van der Waals surface area contributed by atoms with Crippen LogP contribution in [-0.2, 0) is 6.54 Å². The molecule has 0 amide bonds. The number of anilines is 1. The first kappa shape index (κ1) is 16.3. The predicted octanol–water partition coefficient (Wildman–Crippen LogP) is 3.46. The lowest BCUT2D eigenvalue weighted by Gasteiger charge is -2.32. The number of hydrogen-bond acceptors (Lipinski definition) is 3. The second-order valence-electron chi connectivity index (χ2n) is 6.19. The monoisotopic (exact) mass is 289 g/mol. The van der Waals surface area contributed by atoms with E-state index >= 15 is 0 Å². The van der Waals surface area contributed by atoms with Gasteiger partial charge < -0.3 is 11.1 Å². The highest BCUT2D eigenvalue weighted by Gasteiger charge is 2.23. The van der Waals surface area contributed by atoms with Gasteiger partial charge in [0.15, 0.2) is 0 Å². The van der Waals surface area contributed by atoms with Crippen LogP contribution in [-0.4, -0.2) is 30.6 Å². The van der Waals surface area contributed by atoms with Gasteiger partial charge in [-0.2, -0.15) is 0 Å². The van der Waals surface area contributed by atoms with Gasteiger partial charge in [-0.1, -0.05) is 38.8 Å². The van der Waals surface area contributed by atoms with Crippen molar-refractivity contribution in [1.29, 1.82) is 0 Å². The van der Waals surface area contributed by atoms with Gasteiger partial charge in [0.05, 0.1) is 0 Å². The zero-order chi connectivity index (χ0) is 15.1. The quantitative estimate of drug-likeness (QED) is 0.807. The van der Waals surface area contributed by atoms with E-state index in [1.54, 1.807) is 0 Å². The van der Waals surface area contributed by atoms with Gasteiger partial charge in [-0.15, -0.1) is 0 Å². The summed E-state index contributed by atoms with van der Waals surface area (Å²) in [5.74, 6) is 0.630. The summed E-state index contributed by atoms with van der Waals surface area (Å²) in [6, 6.07) is 9.44. The van der Waals surface area contributed by atoms with Gasteiger partial charge in [-0.25, -0.2) is 0 Å². The number of rotatable bonds is 7. The molecule has 2 rings (SSSR count). The number of hydrogen-bond donors (Lipinski definition) is 2. The van der Waals surface area contributed by atoms with Crippen LogP contribution >= 0.6 is 0 Å². The lowest BCUT2D eigenvalue weighted by Crippen LogP contribution is -2.36. The molecule has 0 heterocycles. The van der Waals surface area contributed by atoms with E-state index < -0.39 is 0 Å². The maximum Gasteiger partial charge on any atom is 0.0345 e. The fourth-order valence-corrected chi connectivity index (χ4v) is 3.36. The van der Waals surface area contributed by atoms with Gasteiger partial charge in [0.2, 0.25) is 0 Å². The average Bonchev–Trinajstić information content (AvgIpc) is 2.53. The summed E-state index contributed by atoms with van der Waals surface area (Å²) in [4.78, 5) is 2.45. The predicted molar refractivity (Wildman–Crippen MR) is 91.5 cm³/mol. The summed E-state index contributed by atoms with van der Waals surface area (Å²) in [5.41, 5.74) is 8.58. The molecule has 3 N–H and O–H groups in total. The molecule has 0 radical (unpaired) electrons. The van der Waals surface area contributed by atoms with Gasteiger partial charge >= 0.3 is 0 Å². The van der Waals surface area contributed by atoms with Crippen molar-refractivity contribution in [3.63, 3.8) is 0 Å². The third-order valence-electron chi connectivity index (χ3n) is 4.79. The lowest BCUT2D eigenvalue weighted by molar-refractivity contribution is 0.296. The second kappa shape index (κ2) is 8.40. The molecule has 1 aliphatic rings. The van der Waals surface area contributed by atoms with Gasteiger partial charge in [-0.05, 0) is 56.1 Å². The minimum Gasteiger partial charge on any atom is -0.382 e. The summed E-state index contributed by atoms with van der Waals surface area (Å²) in [6.45, 7) is 8.49. The third kappa shape index (κ3) is 4.72. The summed E-state index contributed by atoms with van der Waals surface area (Å²) < 4.78 is 0. The van der Waals surface area contributed by atoms with Crippen LogP contribution in [0.4, 0.5) is 5.69 Å². The van der Waals surface area contributed by atoms with Crippen LogP contribution in [0.3, 0.4) is 0 Å². The Hall–Kier alpha value is -1.06. The summed E-state index contributed by atoms with van der Waals surface area (Å²) >= 11 is 0. The van der Waals surface area contributed by atoms with Crippen molar-refractivity contribution in [2.45, 2.75) is 52.1 Å². The molecule has 0 saturated heterocycles. The molecule has 0 aliphatic heterocycles. The lowest BCUT2D eigenvalue weighted by atomic mass is 9.84. The van der Waals surface area contributed by atoms with E-state index in [0.717, 1.165) is 26.2 Å². The zero-order valence-corrected chi connectivity index (χ0v) is 13.6. The Balaban J connectivity index is 1.99. The van der Waals surface area contributed by atoms with Gasteiger partial charge in [0, 0.05) is 18.3 Å². The Morgan fingerprint density at radius 1 is 1.19 bits per heavy atom. The van der Waals surface area contributed by atoms with E-state index in [1.165, 1.54) is 36.9 Å². The van der Waals surface area contributed by atoms with Crippen molar-refractivity contribution in [3.8, 4) is 0 Å². The Kier molecular flexibility index (Phi) is 6.52. The summed E-state index contributed by atoms with van der Waals surface area (Å²) in [6.07, 6.45) is 5.19. The number of nitrogens with zero attached hydrogens (tertiary/aromatic N) is 1. The molecule has 0 bridgehead atoms. The maximum absolute atomic E-state index is 5.93. The fraction of sp³-hybridized carbons (Fsp3) is 0.667. The van der Waals surface area contributed by atoms with Crippen LogP contribution < -0.4 is 11.1 Å². The van der Waals surface area contributed by atoms with Crippen molar-refractivity contribution in [2.24, 2.45) is 11.7 Å². The third-order valence-corrected chi connectivity index (χ3v) is 4.79. The normalized spacial score (nSPS) is 22.5. The minimum atomic E-state index is 0.549. The molecule has 1 aromatic rings. The standard InChI is InChI=1S/C18H31N3/c1-3-21(4-2)14-15-8-7-10-17(12-15)20-18-11-6-5-9-16(18)13-19/h7-8,10,12,16,18,20H,3-6,9,11,13-14,19H2,1-2H3. The van der Waals surface area contributed by atoms with Crippen LogP contribution in [0.1, 0.15) is 45.1 Å². The molecule has 3 heteroatoms. The molecule has 2 atom stereocenters. The van der Waals surface area contributed by atoms with Crippen molar-refractivity contribution in [3.05, 3.63) is 29.8 Å². The molecular formula is C18H31N3. The Morgan fingerprint density at radius 3 is 2.67 bits per heavy atom. The first-order valence-corrected chi connectivity index (χ1v) is 8.54. The molecular weight excluding hydrogens is 258 g/mol. The summed E-state index contributed by atoms with van der Waals surface area (Å²) in [7, 11) is 0. The van der Waals surface area contributed by atoms with E-state index in [-0.39, 0.29) is 0 Å².